The predicted octanol–water partition coefficient (Wildman–Crippen LogP) is 2.87. The number of amides is 2. The van der Waals surface area contributed by atoms with Gasteiger partial charge in [0, 0.05) is 18.7 Å². The monoisotopic (exact) mass is 326 g/mol. The fourth-order valence-corrected chi connectivity index (χ4v) is 3.02. The molecular formula is C19H22N2O3. The van der Waals surface area contributed by atoms with Crippen molar-refractivity contribution < 1.29 is 14.6 Å². The third kappa shape index (κ3) is 3.86. The first kappa shape index (κ1) is 16.3. The van der Waals surface area contributed by atoms with E-state index >= 15 is 0 Å². The molecule has 2 aromatic carbocycles. The maximum Gasteiger partial charge on any atom is 0.319 e. The van der Waals surface area contributed by atoms with E-state index < -0.39 is 0 Å². The zero-order chi connectivity index (χ0) is 16.9. The van der Waals surface area contributed by atoms with Gasteiger partial charge in [-0.1, -0.05) is 24.3 Å². The Hall–Kier alpha value is -2.53. The van der Waals surface area contributed by atoms with Gasteiger partial charge in [0.1, 0.15) is 5.75 Å². The summed E-state index contributed by atoms with van der Waals surface area (Å²) in [5.41, 5.74) is 3.98. The third-order valence-corrected chi connectivity index (χ3v) is 4.30. The van der Waals surface area contributed by atoms with Crippen LogP contribution in [0.2, 0.25) is 0 Å². The van der Waals surface area contributed by atoms with Gasteiger partial charge in [-0.15, -0.1) is 0 Å². The highest BCUT2D eigenvalue weighted by atomic mass is 16.5. The molecule has 1 atom stereocenters. The summed E-state index contributed by atoms with van der Waals surface area (Å²) < 4.78 is 5.18. The van der Waals surface area contributed by atoms with Gasteiger partial charge in [0.2, 0.25) is 0 Å². The quantitative estimate of drug-likeness (QED) is 0.809. The number of aryl methyl sites for hydroxylation is 1. The summed E-state index contributed by atoms with van der Waals surface area (Å²) in [6.07, 6.45) is 1.87. The van der Waals surface area contributed by atoms with Crippen LogP contribution in [-0.2, 0) is 19.4 Å². The molecule has 1 unspecified atom stereocenters. The van der Waals surface area contributed by atoms with Gasteiger partial charge >= 0.3 is 6.03 Å². The second-order valence-electron chi connectivity index (χ2n) is 6.00. The van der Waals surface area contributed by atoms with E-state index in [9.17, 15) is 9.90 Å². The van der Waals surface area contributed by atoms with Crippen LogP contribution in [0.25, 0.3) is 0 Å². The Morgan fingerprint density at radius 1 is 1.29 bits per heavy atom. The Kier molecular flexibility index (Phi) is 5.01. The summed E-state index contributed by atoms with van der Waals surface area (Å²) in [6, 6.07) is 13.2. The van der Waals surface area contributed by atoms with Crippen molar-refractivity contribution in [1.82, 2.24) is 5.32 Å². The number of carbonyl (C=O) groups excluding carboxylic acids is 1. The summed E-state index contributed by atoms with van der Waals surface area (Å²) in [5, 5.41) is 15.6. The molecule has 0 radical (unpaired) electrons. The molecular weight excluding hydrogens is 304 g/mol. The molecule has 24 heavy (non-hydrogen) atoms. The zero-order valence-corrected chi connectivity index (χ0v) is 13.7. The molecule has 2 aromatic rings. The van der Waals surface area contributed by atoms with Crippen LogP contribution < -0.4 is 15.4 Å². The molecule has 5 nitrogen and oxygen atoms in total. The van der Waals surface area contributed by atoms with Gasteiger partial charge in [0.25, 0.3) is 0 Å². The van der Waals surface area contributed by atoms with Crippen LogP contribution in [0.15, 0.2) is 42.5 Å². The molecule has 0 aromatic heterocycles. The van der Waals surface area contributed by atoms with E-state index in [1.807, 2.05) is 36.4 Å². The number of carbonyl (C=O) groups is 1. The lowest BCUT2D eigenvalue weighted by Gasteiger charge is -2.23. The smallest absolute Gasteiger partial charge is 0.319 e. The molecule has 0 spiro atoms. The van der Waals surface area contributed by atoms with Crippen LogP contribution in [0.5, 0.6) is 5.75 Å². The second-order valence-corrected chi connectivity index (χ2v) is 6.00. The van der Waals surface area contributed by atoms with Crippen molar-refractivity contribution in [2.24, 2.45) is 0 Å². The number of aliphatic hydroxyl groups is 1. The molecule has 0 bridgehead atoms. The van der Waals surface area contributed by atoms with Crippen molar-refractivity contribution in [1.29, 1.82) is 0 Å². The molecule has 0 fully saturated rings. The molecule has 0 saturated carbocycles. The predicted molar refractivity (Wildman–Crippen MR) is 93.3 cm³/mol. The van der Waals surface area contributed by atoms with E-state index in [0.29, 0.717) is 13.0 Å². The summed E-state index contributed by atoms with van der Waals surface area (Å²) in [6.45, 7) is 0.417. The van der Waals surface area contributed by atoms with Gasteiger partial charge in [-0.25, -0.2) is 4.79 Å². The molecule has 2 amide bonds. The number of hydrogen-bond acceptors (Lipinski definition) is 3. The Labute approximate surface area is 141 Å². The van der Waals surface area contributed by atoms with Crippen molar-refractivity contribution in [3.8, 4) is 5.75 Å². The number of anilines is 1. The molecule has 126 valence electrons. The maximum atomic E-state index is 12.2. The minimum absolute atomic E-state index is 0.258. The van der Waals surface area contributed by atoms with Gasteiger partial charge in [-0.05, 0) is 47.7 Å². The average molecular weight is 326 g/mol. The van der Waals surface area contributed by atoms with Crippen molar-refractivity contribution >= 4 is 11.7 Å². The molecule has 0 heterocycles. The molecule has 0 aliphatic heterocycles. The maximum absolute atomic E-state index is 12.2. The summed E-state index contributed by atoms with van der Waals surface area (Å²) >= 11 is 0. The first-order valence-corrected chi connectivity index (χ1v) is 8.12. The van der Waals surface area contributed by atoms with E-state index in [1.165, 1.54) is 5.56 Å². The topological polar surface area (TPSA) is 70.6 Å². The Bertz CT molecular complexity index is 730. The molecule has 1 aliphatic rings. The largest absolute Gasteiger partial charge is 0.497 e. The lowest BCUT2D eigenvalue weighted by Crippen LogP contribution is -2.29. The normalized spacial score (nSPS) is 16.2. The number of nitrogens with one attached hydrogen (secondary N) is 2. The van der Waals surface area contributed by atoms with Crippen LogP contribution in [0, 0.1) is 0 Å². The number of aliphatic hydroxyl groups excluding tert-OH is 1. The standard InChI is InChI=1S/C19H22N2O3/c1-24-16-6-2-4-13(10-16)12-20-19(23)21-18-7-3-5-14-8-9-15(22)11-17(14)18/h2-7,10,15,22H,8-9,11-12H2,1H3,(H2,20,21,23). The number of urea groups is 1. The van der Waals surface area contributed by atoms with E-state index in [4.69, 9.17) is 4.74 Å². The third-order valence-electron chi connectivity index (χ3n) is 4.30. The molecule has 1 aliphatic carbocycles. The van der Waals surface area contributed by atoms with E-state index in [-0.39, 0.29) is 12.1 Å². The van der Waals surface area contributed by atoms with Gasteiger partial charge in [0.05, 0.1) is 13.2 Å². The molecule has 5 heteroatoms. The van der Waals surface area contributed by atoms with E-state index in [1.54, 1.807) is 7.11 Å². The summed E-state index contributed by atoms with van der Waals surface area (Å²) in [5.74, 6) is 0.765. The highest BCUT2D eigenvalue weighted by Crippen LogP contribution is 2.28. The number of fused-ring (bicyclic) bond motifs is 1. The molecule has 3 rings (SSSR count). The highest BCUT2D eigenvalue weighted by Gasteiger charge is 2.19. The fraction of sp³-hybridized carbons (Fsp3) is 0.316. The van der Waals surface area contributed by atoms with Crippen molar-refractivity contribution in [2.75, 3.05) is 12.4 Å². The van der Waals surface area contributed by atoms with Crippen molar-refractivity contribution in [2.45, 2.75) is 31.9 Å². The second kappa shape index (κ2) is 7.36. The van der Waals surface area contributed by atoms with Gasteiger partial charge in [-0.3, -0.25) is 0 Å². The van der Waals surface area contributed by atoms with Crippen LogP contribution >= 0.6 is 0 Å². The summed E-state index contributed by atoms with van der Waals surface area (Å²) in [4.78, 5) is 12.2. The van der Waals surface area contributed by atoms with E-state index in [0.717, 1.165) is 35.4 Å². The van der Waals surface area contributed by atoms with Crippen molar-refractivity contribution in [3.63, 3.8) is 0 Å². The minimum atomic E-state index is -0.333. The average Bonchev–Trinajstić information content (AvgIpc) is 2.61. The number of hydrogen-bond donors (Lipinski definition) is 3. The number of methoxy groups -OCH3 is 1. The number of rotatable bonds is 4. The SMILES string of the molecule is COc1cccc(CNC(=O)Nc2cccc3c2CC(O)CC3)c1. The lowest BCUT2D eigenvalue weighted by atomic mass is 9.88. The van der Waals surface area contributed by atoms with Crippen LogP contribution in [0.4, 0.5) is 10.5 Å². The number of benzene rings is 2. The van der Waals surface area contributed by atoms with Gasteiger partial charge in [-0.2, -0.15) is 0 Å². The Morgan fingerprint density at radius 2 is 2.12 bits per heavy atom. The van der Waals surface area contributed by atoms with Gasteiger partial charge < -0.3 is 20.5 Å². The molecule has 0 saturated heterocycles. The lowest BCUT2D eigenvalue weighted by molar-refractivity contribution is 0.159. The first-order chi connectivity index (χ1) is 11.7. The van der Waals surface area contributed by atoms with Crippen molar-refractivity contribution in [3.05, 3.63) is 59.2 Å². The van der Waals surface area contributed by atoms with Gasteiger partial charge in [0.15, 0.2) is 0 Å². The Balaban J connectivity index is 1.63. The first-order valence-electron chi connectivity index (χ1n) is 8.12. The minimum Gasteiger partial charge on any atom is -0.497 e. The highest BCUT2D eigenvalue weighted by molar-refractivity contribution is 5.90. The molecule has 3 N–H and O–H groups in total. The number of ether oxygens (including phenoxy) is 1. The van der Waals surface area contributed by atoms with E-state index in [2.05, 4.69) is 16.7 Å². The fourth-order valence-electron chi connectivity index (χ4n) is 3.02. The van der Waals surface area contributed by atoms with Crippen LogP contribution in [-0.4, -0.2) is 24.4 Å². The van der Waals surface area contributed by atoms with Crippen LogP contribution in [0.3, 0.4) is 0 Å². The zero-order valence-electron chi connectivity index (χ0n) is 13.7. The van der Waals surface area contributed by atoms with Crippen LogP contribution in [0.1, 0.15) is 23.1 Å². The Morgan fingerprint density at radius 3 is 2.96 bits per heavy atom. The summed E-state index contributed by atoms with van der Waals surface area (Å²) in [7, 11) is 1.62.